The molecule has 1 aliphatic heterocycles. The number of hydrogen-bond donors (Lipinski definition) is 2. The Morgan fingerprint density at radius 3 is 2.58 bits per heavy atom. The number of aromatic nitrogens is 2. The second-order valence-electron chi connectivity index (χ2n) is 7.85. The number of carbonyl (C=O) groups is 2. The van der Waals surface area contributed by atoms with Crippen LogP contribution in [-0.2, 0) is 0 Å². The molecule has 4 rings (SSSR count). The highest BCUT2D eigenvalue weighted by Gasteiger charge is 2.28. The Labute approximate surface area is 185 Å². The van der Waals surface area contributed by atoms with Crippen LogP contribution in [0.1, 0.15) is 44.7 Å². The summed E-state index contributed by atoms with van der Waals surface area (Å²) in [5.41, 5.74) is 3.74. The molecule has 31 heavy (non-hydrogen) atoms. The Bertz CT molecular complexity index is 1080. The van der Waals surface area contributed by atoms with Gasteiger partial charge in [-0.3, -0.25) is 4.79 Å². The van der Waals surface area contributed by atoms with E-state index in [1.807, 2.05) is 67.3 Å². The predicted molar refractivity (Wildman–Crippen MR) is 123 cm³/mol. The first-order valence-electron chi connectivity index (χ1n) is 10.3. The second kappa shape index (κ2) is 9.26. The van der Waals surface area contributed by atoms with E-state index in [1.54, 1.807) is 0 Å². The van der Waals surface area contributed by atoms with Crippen molar-refractivity contribution in [2.24, 2.45) is 0 Å². The van der Waals surface area contributed by atoms with Gasteiger partial charge in [0.1, 0.15) is 5.01 Å². The molecule has 1 aromatic heterocycles. The van der Waals surface area contributed by atoms with Gasteiger partial charge in [-0.25, -0.2) is 4.79 Å². The third-order valence-corrected chi connectivity index (χ3v) is 6.36. The van der Waals surface area contributed by atoms with Crippen molar-refractivity contribution in [1.82, 2.24) is 15.1 Å². The Balaban J connectivity index is 1.38. The molecule has 0 spiro atoms. The van der Waals surface area contributed by atoms with Gasteiger partial charge in [-0.2, -0.15) is 0 Å². The molecule has 1 saturated heterocycles. The van der Waals surface area contributed by atoms with E-state index in [4.69, 9.17) is 0 Å². The van der Waals surface area contributed by atoms with E-state index in [1.165, 1.54) is 11.3 Å². The summed E-state index contributed by atoms with van der Waals surface area (Å²) in [5, 5.41) is 15.3. The maximum atomic E-state index is 12.7. The molecule has 3 aromatic rings. The molecule has 2 heterocycles. The fraction of sp³-hybridized carbons (Fsp3) is 0.304. The van der Waals surface area contributed by atoms with Crippen molar-refractivity contribution in [3.8, 4) is 0 Å². The zero-order valence-electron chi connectivity index (χ0n) is 17.6. The predicted octanol–water partition coefficient (Wildman–Crippen LogP) is 4.82. The van der Waals surface area contributed by atoms with Crippen LogP contribution in [0.15, 0.2) is 48.5 Å². The van der Waals surface area contributed by atoms with Crippen LogP contribution in [0, 0.1) is 13.8 Å². The van der Waals surface area contributed by atoms with Gasteiger partial charge >= 0.3 is 6.03 Å². The minimum absolute atomic E-state index is 0.0791. The molecule has 1 unspecified atom stereocenters. The molecule has 1 aliphatic rings. The molecule has 1 fully saturated rings. The molecular weight excluding hydrogens is 410 g/mol. The van der Waals surface area contributed by atoms with E-state index in [9.17, 15) is 9.59 Å². The zero-order chi connectivity index (χ0) is 21.8. The highest BCUT2D eigenvalue weighted by molar-refractivity contribution is 7.13. The summed E-state index contributed by atoms with van der Waals surface area (Å²) in [7, 11) is 0. The van der Waals surface area contributed by atoms with Crippen LogP contribution < -0.4 is 10.6 Å². The summed E-state index contributed by atoms with van der Waals surface area (Å²) in [5.74, 6) is -0.187. The highest BCUT2D eigenvalue weighted by Crippen LogP contribution is 2.29. The quantitative estimate of drug-likeness (QED) is 0.615. The van der Waals surface area contributed by atoms with Gasteiger partial charge in [0.2, 0.25) is 5.01 Å². The number of carbonyl (C=O) groups excluding carboxylic acids is 2. The Morgan fingerprint density at radius 2 is 1.81 bits per heavy atom. The number of benzene rings is 2. The van der Waals surface area contributed by atoms with Gasteiger partial charge in [0.25, 0.3) is 5.91 Å². The molecule has 2 aromatic carbocycles. The van der Waals surface area contributed by atoms with Crippen molar-refractivity contribution in [2.45, 2.75) is 32.6 Å². The second-order valence-corrected chi connectivity index (χ2v) is 8.86. The van der Waals surface area contributed by atoms with E-state index in [0.29, 0.717) is 18.1 Å². The molecule has 0 aliphatic carbocycles. The first-order chi connectivity index (χ1) is 15.0. The van der Waals surface area contributed by atoms with Gasteiger partial charge < -0.3 is 15.5 Å². The van der Waals surface area contributed by atoms with Crippen LogP contribution in [0.25, 0.3) is 0 Å². The monoisotopic (exact) mass is 435 g/mol. The third-order valence-electron chi connectivity index (χ3n) is 5.27. The Hall–Kier alpha value is -3.26. The normalized spacial score (nSPS) is 16.1. The fourth-order valence-corrected chi connectivity index (χ4v) is 4.47. The first kappa shape index (κ1) is 21.0. The molecule has 7 nitrogen and oxygen atoms in total. The molecular formula is C23H25N5O2S. The van der Waals surface area contributed by atoms with E-state index in [0.717, 1.165) is 40.4 Å². The van der Waals surface area contributed by atoms with E-state index < -0.39 is 0 Å². The van der Waals surface area contributed by atoms with Crippen molar-refractivity contribution in [3.63, 3.8) is 0 Å². The van der Waals surface area contributed by atoms with Crippen molar-refractivity contribution < 1.29 is 9.59 Å². The average Bonchev–Trinajstić information content (AvgIpc) is 3.26. The van der Waals surface area contributed by atoms with Crippen LogP contribution in [-0.4, -0.2) is 40.1 Å². The maximum absolute atomic E-state index is 12.7. The SMILES string of the molecule is Cc1ccc(NC(=O)c2nnc(C3CCCN(C(=O)Nc4cccc(C)c4)C3)s2)cc1. The van der Waals surface area contributed by atoms with E-state index in [-0.39, 0.29) is 17.9 Å². The molecule has 0 saturated carbocycles. The lowest BCUT2D eigenvalue weighted by Gasteiger charge is -2.31. The van der Waals surface area contributed by atoms with Gasteiger partial charge in [-0.05, 0) is 56.5 Å². The first-order valence-corrected chi connectivity index (χ1v) is 11.1. The summed E-state index contributed by atoms with van der Waals surface area (Å²) < 4.78 is 0. The van der Waals surface area contributed by atoms with Gasteiger partial charge in [0.15, 0.2) is 0 Å². The maximum Gasteiger partial charge on any atom is 0.321 e. The lowest BCUT2D eigenvalue weighted by molar-refractivity contribution is 0.102. The van der Waals surface area contributed by atoms with Crippen molar-refractivity contribution in [1.29, 1.82) is 0 Å². The van der Waals surface area contributed by atoms with Gasteiger partial charge in [-0.15, -0.1) is 10.2 Å². The number of urea groups is 1. The van der Waals surface area contributed by atoms with Crippen LogP contribution >= 0.6 is 11.3 Å². The van der Waals surface area contributed by atoms with Gasteiger partial charge in [-0.1, -0.05) is 41.2 Å². The van der Waals surface area contributed by atoms with Crippen molar-refractivity contribution in [2.75, 3.05) is 23.7 Å². The molecule has 0 bridgehead atoms. The number of nitrogens with one attached hydrogen (secondary N) is 2. The standard InChI is InChI=1S/C23H25N5O2S/c1-15-8-10-18(11-9-15)24-20(29)22-27-26-21(31-22)17-6-4-12-28(14-17)23(30)25-19-7-3-5-16(2)13-19/h3,5,7-11,13,17H,4,6,12,14H2,1-2H3,(H,24,29)(H,25,30). The summed E-state index contributed by atoms with van der Waals surface area (Å²) in [6.07, 6.45) is 1.80. The lowest BCUT2D eigenvalue weighted by Crippen LogP contribution is -2.41. The highest BCUT2D eigenvalue weighted by atomic mass is 32.1. The average molecular weight is 436 g/mol. The summed E-state index contributed by atoms with van der Waals surface area (Å²) in [6, 6.07) is 15.3. The fourth-order valence-electron chi connectivity index (χ4n) is 3.60. The number of amides is 3. The van der Waals surface area contributed by atoms with Crippen LogP contribution in [0.5, 0.6) is 0 Å². The minimum atomic E-state index is -0.266. The smallest absolute Gasteiger partial charge is 0.321 e. The number of likely N-dealkylation sites (tertiary alicyclic amines) is 1. The number of rotatable bonds is 4. The summed E-state index contributed by atoms with van der Waals surface area (Å²) in [4.78, 5) is 27.0. The summed E-state index contributed by atoms with van der Waals surface area (Å²) in [6.45, 7) is 5.26. The number of hydrogen-bond acceptors (Lipinski definition) is 5. The van der Waals surface area contributed by atoms with Crippen LogP contribution in [0.2, 0.25) is 0 Å². The molecule has 1 atom stereocenters. The largest absolute Gasteiger partial charge is 0.324 e. The number of aryl methyl sites for hydroxylation is 2. The van der Waals surface area contributed by atoms with Gasteiger partial charge in [0, 0.05) is 30.4 Å². The Morgan fingerprint density at radius 1 is 1.00 bits per heavy atom. The lowest BCUT2D eigenvalue weighted by atomic mass is 9.99. The molecule has 8 heteroatoms. The molecule has 0 radical (unpaired) electrons. The molecule has 2 N–H and O–H groups in total. The Kier molecular flexibility index (Phi) is 6.27. The third kappa shape index (κ3) is 5.27. The van der Waals surface area contributed by atoms with E-state index >= 15 is 0 Å². The molecule has 160 valence electrons. The van der Waals surface area contributed by atoms with Crippen LogP contribution in [0.3, 0.4) is 0 Å². The molecule has 3 amide bonds. The number of piperidine rings is 1. The van der Waals surface area contributed by atoms with Crippen molar-refractivity contribution in [3.05, 3.63) is 69.7 Å². The van der Waals surface area contributed by atoms with Crippen molar-refractivity contribution >= 4 is 34.6 Å². The van der Waals surface area contributed by atoms with Gasteiger partial charge in [0.05, 0.1) is 0 Å². The number of anilines is 2. The summed E-state index contributed by atoms with van der Waals surface area (Å²) >= 11 is 1.30. The minimum Gasteiger partial charge on any atom is -0.324 e. The van der Waals surface area contributed by atoms with Crippen LogP contribution in [0.4, 0.5) is 16.2 Å². The topological polar surface area (TPSA) is 87.2 Å². The van der Waals surface area contributed by atoms with E-state index in [2.05, 4.69) is 20.8 Å². The number of nitrogens with zero attached hydrogens (tertiary/aromatic N) is 3. The zero-order valence-corrected chi connectivity index (χ0v) is 18.4.